The van der Waals surface area contributed by atoms with Gasteiger partial charge in [0.2, 0.25) is 11.8 Å². The van der Waals surface area contributed by atoms with Crippen LogP contribution in [0.2, 0.25) is 0 Å². The molecule has 4 nitrogen and oxygen atoms in total. The van der Waals surface area contributed by atoms with Crippen molar-refractivity contribution in [3.8, 4) is 11.8 Å². The number of nitrogens with zero attached hydrogens (tertiary/aromatic N) is 2. The summed E-state index contributed by atoms with van der Waals surface area (Å²) >= 11 is 0. The summed E-state index contributed by atoms with van der Waals surface area (Å²) < 4.78 is 0. The zero-order valence-corrected chi connectivity index (χ0v) is 12.0. The zero-order valence-electron chi connectivity index (χ0n) is 12.0. The number of amides is 2. The summed E-state index contributed by atoms with van der Waals surface area (Å²) in [6, 6.07) is -0.315. The molecule has 104 valence electrons. The lowest BCUT2D eigenvalue weighted by molar-refractivity contribution is -0.139. The van der Waals surface area contributed by atoms with Crippen molar-refractivity contribution in [3.05, 3.63) is 0 Å². The average Bonchev–Trinajstić information content (AvgIpc) is 2.97. The summed E-state index contributed by atoms with van der Waals surface area (Å²) in [6.07, 6.45) is 3.12. The third-order valence-corrected chi connectivity index (χ3v) is 3.96. The highest BCUT2D eigenvalue weighted by Gasteiger charge is 2.32. The fraction of sp³-hybridized carbons (Fsp3) is 0.733. The van der Waals surface area contributed by atoms with Crippen LogP contribution in [0, 0.1) is 11.8 Å². The minimum absolute atomic E-state index is 0.0919. The van der Waals surface area contributed by atoms with Gasteiger partial charge in [0.25, 0.3) is 0 Å². The second-order valence-electron chi connectivity index (χ2n) is 5.86. The standard InChI is InChI=1S/C15H22N2O2/c1-12(17-13(18)6-7-14(17)19)8-9-15(2,3)16-10-4-5-11-16/h12H,4-7,10-11H2,1-3H3/t12-/m1/s1. The van der Waals surface area contributed by atoms with E-state index < -0.39 is 0 Å². The van der Waals surface area contributed by atoms with E-state index >= 15 is 0 Å². The van der Waals surface area contributed by atoms with Gasteiger partial charge < -0.3 is 0 Å². The molecule has 4 heteroatoms. The third kappa shape index (κ3) is 2.98. The summed E-state index contributed by atoms with van der Waals surface area (Å²) in [4.78, 5) is 26.9. The molecule has 2 rings (SSSR count). The predicted molar refractivity (Wildman–Crippen MR) is 73.2 cm³/mol. The Morgan fingerprint density at radius 2 is 1.63 bits per heavy atom. The van der Waals surface area contributed by atoms with Crippen molar-refractivity contribution in [1.82, 2.24) is 9.80 Å². The Balaban J connectivity index is 2.06. The third-order valence-electron chi connectivity index (χ3n) is 3.96. The Morgan fingerprint density at radius 3 is 2.16 bits per heavy atom. The van der Waals surface area contributed by atoms with Crippen LogP contribution in [0.25, 0.3) is 0 Å². The molecule has 0 saturated carbocycles. The fourth-order valence-electron chi connectivity index (χ4n) is 2.73. The van der Waals surface area contributed by atoms with Gasteiger partial charge in [-0.3, -0.25) is 19.4 Å². The first-order chi connectivity index (χ1) is 8.92. The van der Waals surface area contributed by atoms with Crippen molar-refractivity contribution in [3.63, 3.8) is 0 Å². The van der Waals surface area contributed by atoms with E-state index in [0.717, 1.165) is 13.1 Å². The monoisotopic (exact) mass is 262 g/mol. The van der Waals surface area contributed by atoms with Gasteiger partial charge in [0.15, 0.2) is 0 Å². The number of hydrogen-bond donors (Lipinski definition) is 0. The van der Waals surface area contributed by atoms with Gasteiger partial charge >= 0.3 is 0 Å². The van der Waals surface area contributed by atoms with Crippen molar-refractivity contribution >= 4 is 11.8 Å². The molecule has 0 aliphatic carbocycles. The van der Waals surface area contributed by atoms with Gasteiger partial charge in [0.1, 0.15) is 0 Å². The number of rotatable bonds is 2. The Kier molecular flexibility index (Phi) is 3.96. The summed E-state index contributed by atoms with van der Waals surface area (Å²) in [5.41, 5.74) is -0.184. The Bertz CT molecular complexity index is 423. The molecule has 2 heterocycles. The van der Waals surface area contributed by atoms with Crippen LogP contribution in [0.3, 0.4) is 0 Å². The van der Waals surface area contributed by atoms with Gasteiger partial charge in [0.05, 0.1) is 11.6 Å². The van der Waals surface area contributed by atoms with Gasteiger partial charge in [-0.05, 0) is 46.7 Å². The summed E-state index contributed by atoms with van der Waals surface area (Å²) in [7, 11) is 0. The van der Waals surface area contributed by atoms with E-state index in [9.17, 15) is 9.59 Å². The molecule has 2 fully saturated rings. The number of hydrogen-bond acceptors (Lipinski definition) is 3. The Labute approximate surface area is 115 Å². The lowest BCUT2D eigenvalue weighted by Crippen LogP contribution is -2.41. The highest BCUT2D eigenvalue weighted by atomic mass is 16.2. The molecule has 0 bridgehead atoms. The highest BCUT2D eigenvalue weighted by molar-refractivity contribution is 6.02. The first-order valence-electron chi connectivity index (χ1n) is 7.04. The van der Waals surface area contributed by atoms with Crippen LogP contribution in [0.4, 0.5) is 0 Å². The number of carbonyl (C=O) groups excluding carboxylic acids is 2. The van der Waals surface area contributed by atoms with Gasteiger partial charge in [0, 0.05) is 12.8 Å². The van der Waals surface area contributed by atoms with Crippen molar-refractivity contribution in [2.24, 2.45) is 0 Å². The molecule has 2 aliphatic heterocycles. The van der Waals surface area contributed by atoms with Crippen LogP contribution in [-0.4, -0.2) is 46.3 Å². The van der Waals surface area contributed by atoms with Gasteiger partial charge in [-0.2, -0.15) is 0 Å². The maximum Gasteiger partial charge on any atom is 0.230 e. The predicted octanol–water partition coefficient (Wildman–Crippen LogP) is 1.40. The van der Waals surface area contributed by atoms with Crippen LogP contribution >= 0.6 is 0 Å². The van der Waals surface area contributed by atoms with E-state index in [-0.39, 0.29) is 23.4 Å². The SMILES string of the molecule is C[C@H](C#CC(C)(C)N1CCCC1)N1C(=O)CCC1=O. The van der Waals surface area contributed by atoms with Crippen LogP contribution in [0.15, 0.2) is 0 Å². The maximum absolute atomic E-state index is 11.6. The van der Waals surface area contributed by atoms with E-state index in [4.69, 9.17) is 0 Å². The zero-order chi connectivity index (χ0) is 14.0. The molecule has 0 aromatic carbocycles. The molecule has 2 amide bonds. The molecule has 1 atom stereocenters. The van der Waals surface area contributed by atoms with Crippen LogP contribution < -0.4 is 0 Å². The molecular formula is C15H22N2O2. The van der Waals surface area contributed by atoms with Gasteiger partial charge in [-0.25, -0.2) is 0 Å². The Hall–Kier alpha value is -1.34. The topological polar surface area (TPSA) is 40.6 Å². The van der Waals surface area contributed by atoms with E-state index in [1.807, 2.05) is 6.92 Å². The summed E-state index contributed by atoms with van der Waals surface area (Å²) in [5.74, 6) is 6.16. The average molecular weight is 262 g/mol. The number of likely N-dealkylation sites (tertiary alicyclic amines) is 2. The van der Waals surface area contributed by atoms with Crippen molar-refractivity contribution in [2.75, 3.05) is 13.1 Å². The van der Waals surface area contributed by atoms with E-state index in [1.54, 1.807) is 0 Å². The van der Waals surface area contributed by atoms with Crippen LogP contribution in [-0.2, 0) is 9.59 Å². The molecule has 2 aliphatic rings. The van der Waals surface area contributed by atoms with Crippen molar-refractivity contribution < 1.29 is 9.59 Å². The number of imide groups is 1. The first kappa shape index (κ1) is 14.1. The van der Waals surface area contributed by atoms with Crippen molar-refractivity contribution in [2.45, 2.75) is 58.0 Å². The quantitative estimate of drug-likeness (QED) is 0.558. The van der Waals surface area contributed by atoms with E-state index in [2.05, 4.69) is 30.6 Å². The van der Waals surface area contributed by atoms with Crippen LogP contribution in [0.1, 0.15) is 46.5 Å². The molecule has 0 radical (unpaired) electrons. The molecule has 0 aromatic heterocycles. The minimum Gasteiger partial charge on any atom is -0.288 e. The molecule has 0 N–H and O–H groups in total. The first-order valence-corrected chi connectivity index (χ1v) is 7.04. The second-order valence-corrected chi connectivity index (χ2v) is 5.86. The normalized spacial score (nSPS) is 22.6. The maximum atomic E-state index is 11.6. The van der Waals surface area contributed by atoms with Crippen LogP contribution in [0.5, 0.6) is 0 Å². The lowest BCUT2D eigenvalue weighted by atomic mass is 10.0. The van der Waals surface area contributed by atoms with Crippen molar-refractivity contribution in [1.29, 1.82) is 0 Å². The minimum atomic E-state index is -0.315. The largest absolute Gasteiger partial charge is 0.288 e. The summed E-state index contributed by atoms with van der Waals surface area (Å²) in [6.45, 7) is 8.20. The molecule has 0 aromatic rings. The fourth-order valence-corrected chi connectivity index (χ4v) is 2.73. The molecule has 2 saturated heterocycles. The molecular weight excluding hydrogens is 240 g/mol. The highest BCUT2D eigenvalue weighted by Crippen LogP contribution is 2.20. The van der Waals surface area contributed by atoms with Gasteiger partial charge in [-0.15, -0.1) is 0 Å². The van der Waals surface area contributed by atoms with Gasteiger partial charge in [-0.1, -0.05) is 11.8 Å². The second kappa shape index (κ2) is 5.34. The van der Waals surface area contributed by atoms with E-state index in [0.29, 0.717) is 12.8 Å². The Morgan fingerprint density at radius 1 is 1.11 bits per heavy atom. The molecule has 0 unspecified atom stereocenters. The van der Waals surface area contributed by atoms with E-state index in [1.165, 1.54) is 17.7 Å². The molecule has 19 heavy (non-hydrogen) atoms. The molecule has 0 spiro atoms. The lowest BCUT2D eigenvalue weighted by Gasteiger charge is -2.30. The summed E-state index contributed by atoms with van der Waals surface area (Å²) in [5, 5.41) is 0. The smallest absolute Gasteiger partial charge is 0.230 e. The number of carbonyl (C=O) groups is 2.